The first-order valence-corrected chi connectivity index (χ1v) is 9.91. The van der Waals surface area contributed by atoms with Crippen molar-refractivity contribution in [1.82, 2.24) is 15.2 Å². The molecule has 29 heavy (non-hydrogen) atoms. The molecule has 154 valence electrons. The van der Waals surface area contributed by atoms with Gasteiger partial charge in [-0.3, -0.25) is 0 Å². The first-order chi connectivity index (χ1) is 14.0. The van der Waals surface area contributed by atoms with Crippen LogP contribution in [-0.2, 0) is 17.7 Å². The van der Waals surface area contributed by atoms with E-state index in [9.17, 15) is 8.78 Å². The van der Waals surface area contributed by atoms with Crippen LogP contribution in [0.15, 0.2) is 42.5 Å². The summed E-state index contributed by atoms with van der Waals surface area (Å²) in [5.74, 6) is -0.518. The number of nitrogens with zero attached hydrogens (tertiary/aromatic N) is 1. The standard InChI is InChI=1S/C22H25F2N3OS/c1-15-19(20-13-18(24)7-8-21(20)26-15)9-11-27(22(29)25-10-12-28-2)14-16-3-5-17(23)6-4-16/h3-8,13,26H,9-12,14H2,1-2H3,(H,25,29). The lowest BCUT2D eigenvalue weighted by atomic mass is 10.1. The monoisotopic (exact) mass is 417 g/mol. The highest BCUT2D eigenvalue weighted by molar-refractivity contribution is 7.80. The van der Waals surface area contributed by atoms with Crippen molar-refractivity contribution in [3.05, 3.63) is 70.9 Å². The Morgan fingerprint density at radius 2 is 1.86 bits per heavy atom. The third-order valence-corrected chi connectivity index (χ3v) is 5.27. The number of hydrogen-bond acceptors (Lipinski definition) is 2. The number of hydrogen-bond donors (Lipinski definition) is 2. The Labute approximate surface area is 174 Å². The van der Waals surface area contributed by atoms with Crippen LogP contribution < -0.4 is 5.32 Å². The van der Waals surface area contributed by atoms with E-state index in [2.05, 4.69) is 10.3 Å². The minimum atomic E-state index is -0.266. The molecule has 4 nitrogen and oxygen atoms in total. The number of ether oxygens (including phenoxy) is 1. The summed E-state index contributed by atoms with van der Waals surface area (Å²) < 4.78 is 32.1. The van der Waals surface area contributed by atoms with Crippen LogP contribution in [-0.4, -0.2) is 41.8 Å². The molecule has 0 spiro atoms. The molecule has 0 aliphatic heterocycles. The number of thiocarbonyl (C=S) groups is 1. The second kappa shape index (κ2) is 9.80. The van der Waals surface area contributed by atoms with Gasteiger partial charge in [-0.05, 0) is 67.0 Å². The Bertz CT molecular complexity index is 972. The van der Waals surface area contributed by atoms with Crippen LogP contribution >= 0.6 is 12.2 Å². The number of aromatic amines is 1. The highest BCUT2D eigenvalue weighted by Gasteiger charge is 2.14. The molecule has 0 bridgehead atoms. The summed E-state index contributed by atoms with van der Waals surface area (Å²) in [6.45, 7) is 4.33. The maximum absolute atomic E-state index is 13.7. The maximum Gasteiger partial charge on any atom is 0.169 e. The minimum Gasteiger partial charge on any atom is -0.383 e. The zero-order valence-corrected chi connectivity index (χ0v) is 17.4. The van der Waals surface area contributed by atoms with Crippen molar-refractivity contribution in [2.75, 3.05) is 26.8 Å². The predicted octanol–water partition coefficient (Wildman–Crippen LogP) is 4.32. The summed E-state index contributed by atoms with van der Waals surface area (Å²) in [7, 11) is 1.64. The van der Waals surface area contributed by atoms with Crippen molar-refractivity contribution in [3.8, 4) is 0 Å². The first-order valence-electron chi connectivity index (χ1n) is 9.51. The Hall–Kier alpha value is -2.51. The Morgan fingerprint density at radius 3 is 2.59 bits per heavy atom. The molecule has 0 atom stereocenters. The van der Waals surface area contributed by atoms with E-state index < -0.39 is 0 Å². The number of halogens is 2. The Morgan fingerprint density at radius 1 is 1.14 bits per heavy atom. The zero-order valence-electron chi connectivity index (χ0n) is 16.6. The van der Waals surface area contributed by atoms with Crippen LogP contribution in [0.1, 0.15) is 16.8 Å². The van der Waals surface area contributed by atoms with E-state index in [1.807, 2.05) is 11.8 Å². The molecule has 1 aromatic heterocycles. The summed E-state index contributed by atoms with van der Waals surface area (Å²) in [6, 6.07) is 11.2. The third kappa shape index (κ3) is 5.52. The van der Waals surface area contributed by atoms with E-state index in [0.717, 1.165) is 27.7 Å². The number of methoxy groups -OCH3 is 1. The highest BCUT2D eigenvalue weighted by atomic mass is 32.1. The molecule has 0 aliphatic carbocycles. The van der Waals surface area contributed by atoms with E-state index in [0.29, 0.717) is 37.8 Å². The summed E-state index contributed by atoms with van der Waals surface area (Å²) in [5, 5.41) is 4.69. The van der Waals surface area contributed by atoms with E-state index in [1.165, 1.54) is 18.2 Å². The fourth-order valence-corrected chi connectivity index (χ4v) is 3.62. The van der Waals surface area contributed by atoms with Gasteiger partial charge in [0.2, 0.25) is 0 Å². The fourth-order valence-electron chi connectivity index (χ4n) is 3.36. The van der Waals surface area contributed by atoms with Crippen molar-refractivity contribution in [2.45, 2.75) is 19.9 Å². The molecule has 0 unspecified atom stereocenters. The number of benzene rings is 2. The largest absolute Gasteiger partial charge is 0.383 e. The van der Waals surface area contributed by atoms with E-state index in [1.54, 1.807) is 31.4 Å². The SMILES string of the molecule is COCCNC(=S)N(CCc1c(C)[nH]c2ccc(F)cc12)Cc1ccc(F)cc1. The second-order valence-corrected chi connectivity index (χ2v) is 7.33. The molecule has 7 heteroatoms. The molecule has 0 saturated heterocycles. The number of rotatable bonds is 8. The molecule has 0 saturated carbocycles. The predicted molar refractivity (Wildman–Crippen MR) is 116 cm³/mol. The minimum absolute atomic E-state index is 0.252. The molecule has 0 fully saturated rings. The molecule has 3 rings (SSSR count). The number of aryl methyl sites for hydroxylation is 1. The van der Waals surface area contributed by atoms with E-state index >= 15 is 0 Å². The van der Waals surface area contributed by atoms with Crippen molar-refractivity contribution in [3.63, 3.8) is 0 Å². The van der Waals surface area contributed by atoms with Crippen molar-refractivity contribution in [2.24, 2.45) is 0 Å². The van der Waals surface area contributed by atoms with Crippen LogP contribution in [0, 0.1) is 18.6 Å². The van der Waals surface area contributed by atoms with Gasteiger partial charge >= 0.3 is 0 Å². The molecule has 0 aliphatic rings. The average molecular weight is 418 g/mol. The summed E-state index contributed by atoms with van der Waals surface area (Å²) in [5.41, 5.74) is 3.97. The van der Waals surface area contributed by atoms with Gasteiger partial charge < -0.3 is 19.9 Å². The fraction of sp³-hybridized carbons (Fsp3) is 0.318. The van der Waals surface area contributed by atoms with Crippen molar-refractivity contribution in [1.29, 1.82) is 0 Å². The van der Waals surface area contributed by atoms with Gasteiger partial charge in [-0.15, -0.1) is 0 Å². The average Bonchev–Trinajstić information content (AvgIpc) is 3.01. The van der Waals surface area contributed by atoms with Gasteiger partial charge in [-0.25, -0.2) is 8.78 Å². The van der Waals surface area contributed by atoms with Gasteiger partial charge in [0.05, 0.1) is 6.61 Å². The summed E-state index contributed by atoms with van der Waals surface area (Å²) in [4.78, 5) is 5.35. The zero-order chi connectivity index (χ0) is 20.8. The van der Waals surface area contributed by atoms with Gasteiger partial charge in [0, 0.05) is 43.3 Å². The molecule has 2 N–H and O–H groups in total. The summed E-state index contributed by atoms with van der Waals surface area (Å²) in [6.07, 6.45) is 0.697. The van der Waals surface area contributed by atoms with Crippen LogP contribution in [0.25, 0.3) is 10.9 Å². The van der Waals surface area contributed by atoms with Gasteiger partial charge in [-0.2, -0.15) is 0 Å². The first kappa shape index (κ1) is 21.2. The van der Waals surface area contributed by atoms with Crippen LogP contribution in [0.2, 0.25) is 0 Å². The molecular formula is C22H25F2N3OS. The number of nitrogens with one attached hydrogen (secondary N) is 2. The van der Waals surface area contributed by atoms with Gasteiger partial charge in [0.1, 0.15) is 11.6 Å². The quantitative estimate of drug-likeness (QED) is 0.423. The summed E-state index contributed by atoms with van der Waals surface area (Å²) >= 11 is 5.58. The number of fused-ring (bicyclic) bond motifs is 1. The van der Waals surface area contributed by atoms with Crippen LogP contribution in [0.3, 0.4) is 0 Å². The Balaban J connectivity index is 1.77. The maximum atomic E-state index is 13.7. The Kier molecular flexibility index (Phi) is 7.17. The van der Waals surface area contributed by atoms with Crippen LogP contribution in [0.4, 0.5) is 8.78 Å². The van der Waals surface area contributed by atoms with Gasteiger partial charge in [-0.1, -0.05) is 12.1 Å². The number of aromatic nitrogens is 1. The smallest absolute Gasteiger partial charge is 0.169 e. The molecule has 1 heterocycles. The molecule has 3 aromatic rings. The lowest BCUT2D eigenvalue weighted by Gasteiger charge is -2.26. The lowest BCUT2D eigenvalue weighted by Crippen LogP contribution is -2.41. The lowest BCUT2D eigenvalue weighted by molar-refractivity contribution is 0.203. The number of H-pyrrole nitrogens is 1. The second-order valence-electron chi connectivity index (χ2n) is 6.94. The third-order valence-electron chi connectivity index (χ3n) is 4.87. The van der Waals surface area contributed by atoms with Gasteiger partial charge in [0.25, 0.3) is 0 Å². The van der Waals surface area contributed by atoms with Crippen molar-refractivity contribution >= 4 is 28.2 Å². The van der Waals surface area contributed by atoms with E-state index in [-0.39, 0.29) is 11.6 Å². The molecule has 2 aromatic carbocycles. The molecule has 0 amide bonds. The van der Waals surface area contributed by atoms with Crippen molar-refractivity contribution < 1.29 is 13.5 Å². The van der Waals surface area contributed by atoms with E-state index in [4.69, 9.17) is 17.0 Å². The van der Waals surface area contributed by atoms with Gasteiger partial charge in [0.15, 0.2) is 5.11 Å². The van der Waals surface area contributed by atoms with Crippen LogP contribution in [0.5, 0.6) is 0 Å². The molecule has 0 radical (unpaired) electrons. The topological polar surface area (TPSA) is 40.3 Å². The normalized spacial score (nSPS) is 11.0. The molecular weight excluding hydrogens is 392 g/mol. The highest BCUT2D eigenvalue weighted by Crippen LogP contribution is 2.24.